The second-order valence-corrected chi connectivity index (χ2v) is 5.30. The highest BCUT2D eigenvalue weighted by molar-refractivity contribution is 5.96. The van der Waals surface area contributed by atoms with Crippen molar-refractivity contribution in [2.45, 2.75) is 13.0 Å². The van der Waals surface area contributed by atoms with Crippen molar-refractivity contribution >= 4 is 23.3 Å². The maximum Gasteiger partial charge on any atom is 0.340 e. The number of carbonyl (C=O) groups excluding carboxylic acids is 2. The lowest BCUT2D eigenvalue weighted by atomic mass is 10.1. The van der Waals surface area contributed by atoms with Gasteiger partial charge in [0.15, 0.2) is 6.61 Å². The number of nitro benzene ring substituents is 1. The molecule has 2 aromatic rings. The summed E-state index contributed by atoms with van der Waals surface area (Å²) in [6.45, 7) is 1.33. The van der Waals surface area contributed by atoms with Gasteiger partial charge in [-0.15, -0.1) is 0 Å². The molecule has 3 N–H and O–H groups in total. The van der Waals surface area contributed by atoms with Gasteiger partial charge in [-0.2, -0.15) is 0 Å². The van der Waals surface area contributed by atoms with Crippen molar-refractivity contribution in [1.29, 1.82) is 0 Å². The number of ether oxygens (including phenoxy) is 1. The Labute approximate surface area is 143 Å². The van der Waals surface area contributed by atoms with E-state index in [9.17, 15) is 19.7 Å². The number of nitrogens with zero attached hydrogens (tertiary/aromatic N) is 1. The number of hydrogen-bond acceptors (Lipinski definition) is 6. The molecule has 0 bridgehead atoms. The van der Waals surface area contributed by atoms with Gasteiger partial charge in [0.25, 0.3) is 11.6 Å². The van der Waals surface area contributed by atoms with Gasteiger partial charge in [0.2, 0.25) is 0 Å². The van der Waals surface area contributed by atoms with E-state index in [1.165, 1.54) is 6.07 Å². The lowest BCUT2D eigenvalue weighted by molar-refractivity contribution is -0.384. The number of nitrogen functional groups attached to an aromatic ring is 1. The summed E-state index contributed by atoms with van der Waals surface area (Å²) < 4.78 is 4.91. The van der Waals surface area contributed by atoms with Crippen LogP contribution in [0.3, 0.4) is 0 Å². The Balaban J connectivity index is 1.91. The molecule has 0 unspecified atom stereocenters. The monoisotopic (exact) mass is 343 g/mol. The first-order chi connectivity index (χ1) is 11.9. The Morgan fingerprint density at radius 1 is 1.24 bits per heavy atom. The SMILES string of the molecule is C[C@@H](NC(=O)COC(=O)c1ccc([N+](=O)[O-])cc1N)c1ccccc1. The predicted molar refractivity (Wildman–Crippen MR) is 90.8 cm³/mol. The number of carbonyl (C=O) groups is 2. The van der Waals surface area contributed by atoms with E-state index in [-0.39, 0.29) is 23.0 Å². The molecule has 0 aliphatic rings. The Morgan fingerprint density at radius 3 is 2.52 bits per heavy atom. The van der Waals surface area contributed by atoms with Crippen LogP contribution in [0, 0.1) is 10.1 Å². The summed E-state index contributed by atoms with van der Waals surface area (Å²) in [4.78, 5) is 33.9. The summed E-state index contributed by atoms with van der Waals surface area (Å²) in [5.74, 6) is -1.29. The molecule has 2 aromatic carbocycles. The van der Waals surface area contributed by atoms with E-state index in [0.29, 0.717) is 0 Å². The van der Waals surface area contributed by atoms with E-state index in [4.69, 9.17) is 10.5 Å². The fraction of sp³-hybridized carbons (Fsp3) is 0.176. The van der Waals surface area contributed by atoms with Gasteiger partial charge in [-0.1, -0.05) is 30.3 Å². The minimum atomic E-state index is -0.824. The van der Waals surface area contributed by atoms with Gasteiger partial charge < -0.3 is 15.8 Å². The Kier molecular flexibility index (Phi) is 5.67. The molecular formula is C17H17N3O5. The van der Waals surface area contributed by atoms with Crippen molar-refractivity contribution in [3.8, 4) is 0 Å². The number of non-ortho nitro benzene ring substituents is 1. The first-order valence-corrected chi connectivity index (χ1v) is 7.44. The number of esters is 1. The van der Waals surface area contributed by atoms with Crippen molar-refractivity contribution in [2.24, 2.45) is 0 Å². The van der Waals surface area contributed by atoms with E-state index in [1.807, 2.05) is 37.3 Å². The summed E-state index contributed by atoms with van der Waals surface area (Å²) in [5.41, 5.74) is 6.18. The summed E-state index contributed by atoms with van der Waals surface area (Å²) in [5, 5.41) is 13.4. The van der Waals surface area contributed by atoms with Gasteiger partial charge >= 0.3 is 5.97 Å². The number of hydrogen-bond donors (Lipinski definition) is 2. The molecule has 8 nitrogen and oxygen atoms in total. The molecule has 0 spiro atoms. The quantitative estimate of drug-likeness (QED) is 0.358. The van der Waals surface area contributed by atoms with Gasteiger partial charge in [0.05, 0.1) is 22.2 Å². The minimum Gasteiger partial charge on any atom is -0.452 e. The van der Waals surface area contributed by atoms with Crippen molar-refractivity contribution in [1.82, 2.24) is 5.32 Å². The predicted octanol–water partition coefficient (Wildman–Crippen LogP) is 2.21. The summed E-state index contributed by atoms with van der Waals surface area (Å²) in [6.07, 6.45) is 0. The highest BCUT2D eigenvalue weighted by Gasteiger charge is 2.17. The van der Waals surface area contributed by atoms with E-state index in [1.54, 1.807) is 0 Å². The van der Waals surface area contributed by atoms with Crippen LogP contribution in [0.1, 0.15) is 28.9 Å². The molecular weight excluding hydrogens is 326 g/mol. The number of amides is 1. The molecule has 0 aromatic heterocycles. The number of benzene rings is 2. The van der Waals surface area contributed by atoms with Crippen molar-refractivity contribution in [3.63, 3.8) is 0 Å². The average molecular weight is 343 g/mol. The van der Waals surface area contributed by atoms with Gasteiger partial charge in [-0.05, 0) is 18.6 Å². The van der Waals surface area contributed by atoms with Crippen LogP contribution in [0.15, 0.2) is 48.5 Å². The van der Waals surface area contributed by atoms with Crippen LogP contribution >= 0.6 is 0 Å². The van der Waals surface area contributed by atoms with Crippen LogP contribution in [0.2, 0.25) is 0 Å². The molecule has 0 aliphatic carbocycles. The van der Waals surface area contributed by atoms with E-state index in [2.05, 4.69) is 5.32 Å². The molecule has 0 saturated heterocycles. The Morgan fingerprint density at radius 2 is 1.92 bits per heavy atom. The maximum absolute atomic E-state index is 12.0. The number of nitrogens with one attached hydrogen (secondary N) is 1. The Bertz CT molecular complexity index is 792. The third-order valence-electron chi connectivity index (χ3n) is 3.48. The highest BCUT2D eigenvalue weighted by atomic mass is 16.6. The van der Waals surface area contributed by atoms with Crippen molar-refractivity contribution in [3.05, 3.63) is 69.8 Å². The summed E-state index contributed by atoms with van der Waals surface area (Å²) >= 11 is 0. The number of rotatable bonds is 6. The molecule has 1 atom stereocenters. The molecule has 8 heteroatoms. The van der Waals surface area contributed by atoms with Crippen molar-refractivity contribution < 1.29 is 19.2 Å². The molecule has 0 aliphatic heterocycles. The van der Waals surface area contributed by atoms with Crippen LogP contribution in [0.25, 0.3) is 0 Å². The zero-order valence-electron chi connectivity index (χ0n) is 13.5. The fourth-order valence-corrected chi connectivity index (χ4v) is 2.17. The molecule has 25 heavy (non-hydrogen) atoms. The van der Waals surface area contributed by atoms with Crippen LogP contribution in [-0.2, 0) is 9.53 Å². The van der Waals surface area contributed by atoms with E-state index in [0.717, 1.165) is 17.7 Å². The number of anilines is 1. The second-order valence-electron chi connectivity index (χ2n) is 5.30. The first-order valence-electron chi connectivity index (χ1n) is 7.44. The lowest BCUT2D eigenvalue weighted by Crippen LogP contribution is -2.31. The maximum atomic E-state index is 12.0. The molecule has 0 heterocycles. The summed E-state index contributed by atoms with van der Waals surface area (Å²) in [7, 11) is 0. The topological polar surface area (TPSA) is 125 Å². The molecule has 0 radical (unpaired) electrons. The van der Waals surface area contributed by atoms with Crippen LogP contribution in [-0.4, -0.2) is 23.4 Å². The zero-order valence-corrected chi connectivity index (χ0v) is 13.5. The third-order valence-corrected chi connectivity index (χ3v) is 3.48. The standard InChI is InChI=1S/C17H17N3O5/c1-11(12-5-3-2-4-6-12)19-16(21)10-25-17(22)14-8-7-13(20(23)24)9-15(14)18/h2-9,11H,10,18H2,1H3,(H,19,21)/t11-/m1/s1. The largest absolute Gasteiger partial charge is 0.452 e. The second kappa shape index (κ2) is 7.91. The molecule has 1 amide bonds. The number of nitro groups is 1. The van der Waals surface area contributed by atoms with Crippen LogP contribution in [0.4, 0.5) is 11.4 Å². The molecule has 130 valence electrons. The fourth-order valence-electron chi connectivity index (χ4n) is 2.17. The normalized spacial score (nSPS) is 11.4. The van der Waals surface area contributed by atoms with E-state index < -0.39 is 23.4 Å². The Hall–Kier alpha value is -3.42. The molecule has 0 saturated carbocycles. The van der Waals surface area contributed by atoms with Gasteiger partial charge in [0.1, 0.15) is 0 Å². The van der Waals surface area contributed by atoms with Crippen LogP contribution in [0.5, 0.6) is 0 Å². The van der Waals surface area contributed by atoms with Crippen LogP contribution < -0.4 is 11.1 Å². The summed E-state index contributed by atoms with van der Waals surface area (Å²) in [6, 6.07) is 12.5. The lowest BCUT2D eigenvalue weighted by Gasteiger charge is -2.14. The third kappa shape index (κ3) is 4.77. The zero-order chi connectivity index (χ0) is 18.4. The average Bonchev–Trinajstić information content (AvgIpc) is 2.60. The minimum absolute atomic E-state index is 0.0329. The van der Waals surface area contributed by atoms with Crippen molar-refractivity contribution in [2.75, 3.05) is 12.3 Å². The van der Waals surface area contributed by atoms with E-state index >= 15 is 0 Å². The smallest absolute Gasteiger partial charge is 0.340 e. The first kappa shape index (κ1) is 17.9. The molecule has 2 rings (SSSR count). The number of nitrogens with two attached hydrogens (primary N) is 1. The highest BCUT2D eigenvalue weighted by Crippen LogP contribution is 2.20. The van der Waals surface area contributed by atoms with Gasteiger partial charge in [-0.3, -0.25) is 14.9 Å². The van der Waals surface area contributed by atoms with Gasteiger partial charge in [-0.25, -0.2) is 4.79 Å². The van der Waals surface area contributed by atoms with Gasteiger partial charge in [0, 0.05) is 12.1 Å². The molecule has 0 fully saturated rings.